The van der Waals surface area contributed by atoms with Gasteiger partial charge in [0.25, 0.3) is 5.91 Å². The lowest BCUT2D eigenvalue weighted by atomic mass is 9.93. The summed E-state index contributed by atoms with van der Waals surface area (Å²) in [7, 11) is 1.69. The summed E-state index contributed by atoms with van der Waals surface area (Å²) in [6.45, 7) is 6.26. The van der Waals surface area contributed by atoms with E-state index in [0.29, 0.717) is 13.2 Å². The molecular formula is C19H26N2O3. The molecule has 2 aromatic rings. The molecule has 2 heterocycles. The molecule has 0 radical (unpaired) electrons. The smallest absolute Gasteiger partial charge is 0.252 e. The Bertz CT molecular complexity index is 720. The largest absolute Gasteiger partial charge is 0.383 e. The van der Waals surface area contributed by atoms with E-state index < -0.39 is 0 Å². The zero-order valence-electron chi connectivity index (χ0n) is 14.7. The number of rotatable bonds is 5. The zero-order chi connectivity index (χ0) is 17.2. The van der Waals surface area contributed by atoms with Crippen LogP contribution in [0.5, 0.6) is 0 Å². The van der Waals surface area contributed by atoms with Crippen molar-refractivity contribution in [1.82, 2.24) is 9.88 Å². The summed E-state index contributed by atoms with van der Waals surface area (Å²) < 4.78 is 13.0. The Morgan fingerprint density at radius 3 is 3.00 bits per heavy atom. The molecule has 24 heavy (non-hydrogen) atoms. The van der Waals surface area contributed by atoms with Gasteiger partial charge in [0.05, 0.1) is 12.2 Å². The monoisotopic (exact) mass is 330 g/mol. The lowest BCUT2D eigenvalue weighted by Crippen LogP contribution is -2.45. The minimum atomic E-state index is -0.175. The molecule has 0 saturated carbocycles. The van der Waals surface area contributed by atoms with Gasteiger partial charge in [-0.2, -0.15) is 0 Å². The van der Waals surface area contributed by atoms with Crippen molar-refractivity contribution in [3.63, 3.8) is 0 Å². The van der Waals surface area contributed by atoms with Crippen molar-refractivity contribution in [2.75, 3.05) is 20.3 Å². The first kappa shape index (κ1) is 17.0. The van der Waals surface area contributed by atoms with Gasteiger partial charge in [0.15, 0.2) is 0 Å². The summed E-state index contributed by atoms with van der Waals surface area (Å²) in [6, 6.07) is 8.04. The van der Waals surface area contributed by atoms with Crippen LogP contribution < -0.4 is 5.32 Å². The number of methoxy groups -OCH3 is 1. The molecule has 1 N–H and O–H groups in total. The number of nitrogens with zero attached hydrogens (tertiary/aromatic N) is 1. The highest BCUT2D eigenvalue weighted by molar-refractivity contribution is 6.06. The second-order valence-electron chi connectivity index (χ2n) is 7.01. The van der Waals surface area contributed by atoms with Gasteiger partial charge in [0, 0.05) is 49.0 Å². The van der Waals surface area contributed by atoms with E-state index in [4.69, 9.17) is 9.47 Å². The van der Waals surface area contributed by atoms with Crippen LogP contribution in [0.25, 0.3) is 10.9 Å². The Balaban J connectivity index is 1.78. The molecule has 5 nitrogen and oxygen atoms in total. The first-order valence-electron chi connectivity index (χ1n) is 8.52. The number of carbonyl (C=O) groups is 1. The molecule has 0 bridgehead atoms. The molecule has 1 unspecified atom stereocenters. The van der Waals surface area contributed by atoms with E-state index in [9.17, 15) is 4.79 Å². The first-order valence-corrected chi connectivity index (χ1v) is 8.52. The van der Waals surface area contributed by atoms with E-state index in [1.165, 1.54) is 0 Å². The second-order valence-corrected chi connectivity index (χ2v) is 7.01. The van der Waals surface area contributed by atoms with Gasteiger partial charge in [-0.15, -0.1) is 0 Å². The number of ether oxygens (including phenoxy) is 2. The number of carbonyl (C=O) groups excluding carboxylic acids is 1. The van der Waals surface area contributed by atoms with Crippen LogP contribution in [-0.4, -0.2) is 42.4 Å². The van der Waals surface area contributed by atoms with Crippen LogP contribution in [0.15, 0.2) is 30.5 Å². The van der Waals surface area contributed by atoms with E-state index in [1.807, 2.05) is 30.5 Å². The van der Waals surface area contributed by atoms with Crippen LogP contribution >= 0.6 is 0 Å². The van der Waals surface area contributed by atoms with Crippen molar-refractivity contribution >= 4 is 16.8 Å². The van der Waals surface area contributed by atoms with E-state index in [-0.39, 0.29) is 17.6 Å². The van der Waals surface area contributed by atoms with E-state index in [1.54, 1.807) is 7.11 Å². The van der Waals surface area contributed by atoms with Crippen molar-refractivity contribution in [3.8, 4) is 0 Å². The number of fused-ring (bicyclic) bond motifs is 1. The summed E-state index contributed by atoms with van der Waals surface area (Å²) in [5.74, 6) is -0.00667. The topological polar surface area (TPSA) is 52.5 Å². The summed E-state index contributed by atoms with van der Waals surface area (Å²) in [5, 5.41) is 4.17. The van der Waals surface area contributed by atoms with Gasteiger partial charge in [-0.25, -0.2) is 0 Å². The highest BCUT2D eigenvalue weighted by Crippen LogP contribution is 2.25. The van der Waals surface area contributed by atoms with Gasteiger partial charge in [0.2, 0.25) is 0 Å². The third kappa shape index (κ3) is 3.62. The van der Waals surface area contributed by atoms with Gasteiger partial charge < -0.3 is 19.4 Å². The molecule has 3 rings (SSSR count). The third-order valence-corrected chi connectivity index (χ3v) is 4.63. The molecule has 0 spiro atoms. The summed E-state index contributed by atoms with van der Waals surface area (Å²) in [4.78, 5) is 12.8. The maximum atomic E-state index is 12.8. The Kier molecular flexibility index (Phi) is 4.92. The lowest BCUT2D eigenvalue weighted by molar-refractivity contribution is -0.0615. The Morgan fingerprint density at radius 1 is 1.42 bits per heavy atom. The van der Waals surface area contributed by atoms with Gasteiger partial charge in [-0.1, -0.05) is 6.07 Å². The molecule has 1 atom stereocenters. The van der Waals surface area contributed by atoms with Crippen molar-refractivity contribution in [3.05, 3.63) is 36.0 Å². The average molecular weight is 330 g/mol. The predicted octanol–water partition coefficient (Wildman–Crippen LogP) is 2.98. The van der Waals surface area contributed by atoms with Crippen LogP contribution in [-0.2, 0) is 16.0 Å². The zero-order valence-corrected chi connectivity index (χ0v) is 14.7. The molecular weight excluding hydrogens is 304 g/mol. The molecule has 130 valence electrons. The van der Waals surface area contributed by atoms with Crippen molar-refractivity contribution in [1.29, 1.82) is 0 Å². The number of nitrogens with one attached hydrogen (secondary N) is 1. The fraction of sp³-hybridized carbons (Fsp3) is 0.526. The van der Waals surface area contributed by atoms with Crippen LogP contribution in [0, 0.1) is 0 Å². The quantitative estimate of drug-likeness (QED) is 0.917. The van der Waals surface area contributed by atoms with E-state index in [0.717, 1.165) is 35.9 Å². The summed E-state index contributed by atoms with van der Waals surface area (Å²) in [6.07, 6.45) is 3.71. The highest BCUT2D eigenvalue weighted by atomic mass is 16.5. The SMILES string of the molecule is COCCn1ccc2c(C(=O)NC3CCOC(C)(C)C3)cccc21. The van der Waals surface area contributed by atoms with Crippen LogP contribution in [0.2, 0.25) is 0 Å². The molecule has 1 aromatic carbocycles. The Morgan fingerprint density at radius 2 is 2.25 bits per heavy atom. The minimum absolute atomic E-state index is 0.00667. The molecule has 1 aliphatic rings. The van der Waals surface area contributed by atoms with Gasteiger partial charge in [0.1, 0.15) is 0 Å². The Labute approximate surface area is 142 Å². The molecule has 1 saturated heterocycles. The van der Waals surface area contributed by atoms with Crippen LogP contribution in [0.1, 0.15) is 37.0 Å². The Hall–Kier alpha value is -1.85. The van der Waals surface area contributed by atoms with Gasteiger partial charge in [-0.05, 0) is 44.9 Å². The standard InChI is InChI=1S/C19H26N2O3/c1-19(2)13-14(8-11-24-19)20-18(22)16-5-4-6-17-15(16)7-9-21(17)10-12-23-3/h4-7,9,14H,8,10-13H2,1-3H3,(H,20,22). The van der Waals surface area contributed by atoms with Gasteiger partial charge in [-0.3, -0.25) is 4.79 Å². The third-order valence-electron chi connectivity index (χ3n) is 4.63. The molecule has 1 amide bonds. The number of aromatic nitrogens is 1. The molecule has 5 heteroatoms. The van der Waals surface area contributed by atoms with Crippen LogP contribution in [0.3, 0.4) is 0 Å². The predicted molar refractivity (Wildman–Crippen MR) is 94.3 cm³/mol. The number of benzene rings is 1. The summed E-state index contributed by atoms with van der Waals surface area (Å²) >= 11 is 0. The molecule has 1 aromatic heterocycles. The van der Waals surface area contributed by atoms with Crippen molar-refractivity contribution in [2.24, 2.45) is 0 Å². The number of amides is 1. The maximum absolute atomic E-state index is 12.8. The second kappa shape index (κ2) is 6.95. The first-order chi connectivity index (χ1) is 11.5. The number of hydrogen-bond acceptors (Lipinski definition) is 3. The van der Waals surface area contributed by atoms with Crippen molar-refractivity contribution in [2.45, 2.75) is 44.9 Å². The highest BCUT2D eigenvalue weighted by Gasteiger charge is 2.30. The fourth-order valence-electron chi connectivity index (χ4n) is 3.42. The molecule has 1 aliphatic heterocycles. The normalized spacial score (nSPS) is 20.2. The van der Waals surface area contributed by atoms with E-state index in [2.05, 4.69) is 23.7 Å². The molecule has 1 fully saturated rings. The van der Waals surface area contributed by atoms with E-state index >= 15 is 0 Å². The molecule has 0 aliphatic carbocycles. The van der Waals surface area contributed by atoms with Crippen LogP contribution in [0.4, 0.5) is 0 Å². The lowest BCUT2D eigenvalue weighted by Gasteiger charge is -2.35. The fourth-order valence-corrected chi connectivity index (χ4v) is 3.42. The summed E-state index contributed by atoms with van der Waals surface area (Å²) in [5.41, 5.74) is 1.62. The minimum Gasteiger partial charge on any atom is -0.383 e. The maximum Gasteiger partial charge on any atom is 0.252 e. The van der Waals surface area contributed by atoms with Gasteiger partial charge >= 0.3 is 0 Å². The average Bonchev–Trinajstić information content (AvgIpc) is 2.95. The number of hydrogen-bond donors (Lipinski definition) is 1. The van der Waals surface area contributed by atoms with Crippen molar-refractivity contribution < 1.29 is 14.3 Å².